The number of amides is 1. The molecule has 2 rings (SSSR count). The largest absolute Gasteiger partial charge is 0.375 e. The Kier molecular flexibility index (Phi) is 6.46. The highest BCUT2D eigenvalue weighted by Gasteiger charge is 2.29. The van der Waals surface area contributed by atoms with E-state index in [1.165, 1.54) is 5.56 Å². The van der Waals surface area contributed by atoms with Crippen molar-refractivity contribution < 1.29 is 9.53 Å². The van der Waals surface area contributed by atoms with Gasteiger partial charge < -0.3 is 15.4 Å². The van der Waals surface area contributed by atoms with E-state index in [0.717, 1.165) is 12.1 Å². The normalized spacial score (nSPS) is 23.6. The second-order valence-corrected chi connectivity index (χ2v) is 5.09. The van der Waals surface area contributed by atoms with E-state index in [-0.39, 0.29) is 36.5 Å². The average molecular weight is 299 g/mol. The Labute approximate surface area is 126 Å². The van der Waals surface area contributed by atoms with Crippen LogP contribution in [0.4, 0.5) is 0 Å². The first-order valence-electron chi connectivity index (χ1n) is 6.80. The molecule has 1 fully saturated rings. The minimum Gasteiger partial charge on any atom is -0.375 e. The minimum atomic E-state index is -0.264. The summed E-state index contributed by atoms with van der Waals surface area (Å²) in [5.74, 6) is 0.00273. The molecular formula is C15H23ClN2O2. The third-order valence-electron chi connectivity index (χ3n) is 3.61. The quantitative estimate of drug-likeness (QED) is 0.897. The van der Waals surface area contributed by atoms with Crippen LogP contribution in [0.15, 0.2) is 24.3 Å². The highest BCUT2D eigenvalue weighted by molar-refractivity contribution is 5.85. The zero-order valence-electron chi connectivity index (χ0n) is 12.2. The van der Waals surface area contributed by atoms with E-state index in [1.807, 2.05) is 26.0 Å². The lowest BCUT2D eigenvalue weighted by molar-refractivity contribution is -0.129. The van der Waals surface area contributed by atoms with Gasteiger partial charge in [-0.15, -0.1) is 12.4 Å². The molecule has 20 heavy (non-hydrogen) atoms. The maximum atomic E-state index is 12.2. The number of aryl methyl sites for hydroxylation is 1. The molecule has 1 unspecified atom stereocenters. The van der Waals surface area contributed by atoms with Crippen molar-refractivity contribution in [1.29, 1.82) is 0 Å². The Morgan fingerprint density at radius 3 is 2.80 bits per heavy atom. The van der Waals surface area contributed by atoms with Gasteiger partial charge in [0.25, 0.3) is 0 Å². The van der Waals surface area contributed by atoms with Gasteiger partial charge >= 0.3 is 0 Å². The van der Waals surface area contributed by atoms with Crippen LogP contribution in [-0.4, -0.2) is 31.2 Å². The third-order valence-corrected chi connectivity index (χ3v) is 3.61. The van der Waals surface area contributed by atoms with Crippen molar-refractivity contribution in [2.24, 2.45) is 0 Å². The van der Waals surface area contributed by atoms with Gasteiger partial charge in [-0.1, -0.05) is 24.3 Å². The number of benzene rings is 1. The number of carbonyl (C=O) groups excluding carboxylic acids is 1. The van der Waals surface area contributed by atoms with E-state index in [0.29, 0.717) is 6.61 Å². The molecule has 1 saturated heterocycles. The molecule has 0 saturated carbocycles. The van der Waals surface area contributed by atoms with Gasteiger partial charge in [-0.3, -0.25) is 4.79 Å². The molecule has 1 aliphatic heterocycles. The van der Waals surface area contributed by atoms with E-state index in [4.69, 9.17) is 4.74 Å². The fraction of sp³-hybridized carbons (Fsp3) is 0.533. The van der Waals surface area contributed by atoms with Crippen molar-refractivity contribution in [2.45, 2.75) is 39.0 Å². The fourth-order valence-corrected chi connectivity index (χ4v) is 2.48. The fourth-order valence-electron chi connectivity index (χ4n) is 2.48. The molecule has 1 aromatic rings. The van der Waals surface area contributed by atoms with Gasteiger partial charge in [0, 0.05) is 6.54 Å². The zero-order chi connectivity index (χ0) is 13.8. The van der Waals surface area contributed by atoms with E-state index < -0.39 is 0 Å². The number of hydrogen-bond donors (Lipinski definition) is 2. The van der Waals surface area contributed by atoms with Crippen molar-refractivity contribution >= 4 is 18.3 Å². The van der Waals surface area contributed by atoms with Crippen LogP contribution in [-0.2, 0) is 9.53 Å². The van der Waals surface area contributed by atoms with Crippen LogP contribution in [0.25, 0.3) is 0 Å². The van der Waals surface area contributed by atoms with Gasteiger partial charge in [-0.05, 0) is 31.9 Å². The Hall–Kier alpha value is -1.10. The summed E-state index contributed by atoms with van der Waals surface area (Å²) in [7, 11) is 0. The number of nitrogens with one attached hydrogen (secondary N) is 2. The van der Waals surface area contributed by atoms with Gasteiger partial charge in [0.2, 0.25) is 5.91 Å². The topological polar surface area (TPSA) is 50.4 Å². The van der Waals surface area contributed by atoms with E-state index in [2.05, 4.69) is 29.7 Å². The predicted molar refractivity (Wildman–Crippen MR) is 82.2 cm³/mol. The number of carbonyl (C=O) groups is 1. The molecular weight excluding hydrogens is 276 g/mol. The van der Waals surface area contributed by atoms with Crippen LogP contribution >= 0.6 is 12.4 Å². The Bertz CT molecular complexity index is 453. The molecule has 4 nitrogen and oxygen atoms in total. The van der Waals surface area contributed by atoms with Crippen LogP contribution in [0.1, 0.15) is 31.0 Å². The highest BCUT2D eigenvalue weighted by Crippen LogP contribution is 2.17. The second kappa shape index (κ2) is 7.62. The standard InChI is InChI=1S/C15H22N2O2.ClH/c1-10-6-4-5-7-13(10)11(2)17-15(18)14-12(3)19-9-8-16-14;/h4-7,11-12,14,16H,8-9H2,1-3H3,(H,17,18);1H/t11?,12-,14+;/m1./s1. The van der Waals surface area contributed by atoms with Crippen LogP contribution < -0.4 is 10.6 Å². The first-order chi connectivity index (χ1) is 9.09. The second-order valence-electron chi connectivity index (χ2n) is 5.09. The SMILES string of the molecule is Cc1ccccc1C(C)NC(=O)[C@H]1NCCO[C@@H]1C.Cl. The number of ether oxygens (including phenoxy) is 1. The summed E-state index contributed by atoms with van der Waals surface area (Å²) in [6.45, 7) is 7.38. The predicted octanol–water partition coefficient (Wildman–Crippen LogP) is 1.97. The van der Waals surface area contributed by atoms with Crippen LogP contribution in [0.3, 0.4) is 0 Å². The van der Waals surface area contributed by atoms with Crippen LogP contribution in [0, 0.1) is 6.92 Å². The first-order valence-corrected chi connectivity index (χ1v) is 6.80. The minimum absolute atomic E-state index is 0. The van der Waals surface area contributed by atoms with Gasteiger partial charge in [0.05, 0.1) is 18.8 Å². The van der Waals surface area contributed by atoms with Crippen molar-refractivity contribution in [3.8, 4) is 0 Å². The van der Waals surface area contributed by atoms with Crippen LogP contribution in [0.5, 0.6) is 0 Å². The summed E-state index contributed by atoms with van der Waals surface area (Å²) in [5, 5.41) is 6.26. The maximum absolute atomic E-state index is 12.2. The lowest BCUT2D eigenvalue weighted by Gasteiger charge is -2.30. The summed E-state index contributed by atoms with van der Waals surface area (Å²) >= 11 is 0. The third kappa shape index (κ3) is 3.95. The Morgan fingerprint density at radius 1 is 1.45 bits per heavy atom. The van der Waals surface area contributed by atoms with Crippen molar-refractivity contribution in [3.63, 3.8) is 0 Å². The van der Waals surface area contributed by atoms with Gasteiger partial charge in [0.1, 0.15) is 6.04 Å². The monoisotopic (exact) mass is 298 g/mol. The first kappa shape index (κ1) is 17.0. The van der Waals surface area contributed by atoms with Crippen molar-refractivity contribution in [2.75, 3.05) is 13.2 Å². The molecule has 0 radical (unpaired) electrons. The van der Waals surface area contributed by atoms with E-state index in [1.54, 1.807) is 0 Å². The Morgan fingerprint density at radius 2 is 2.15 bits per heavy atom. The highest BCUT2D eigenvalue weighted by atomic mass is 35.5. The molecule has 0 bridgehead atoms. The lowest BCUT2D eigenvalue weighted by Crippen LogP contribution is -2.55. The summed E-state index contributed by atoms with van der Waals surface area (Å²) in [4.78, 5) is 12.2. The molecule has 0 aliphatic carbocycles. The molecule has 0 aromatic heterocycles. The molecule has 1 aromatic carbocycles. The number of morpholine rings is 1. The van der Waals surface area contributed by atoms with E-state index in [9.17, 15) is 4.79 Å². The van der Waals surface area contributed by atoms with Gasteiger partial charge in [-0.25, -0.2) is 0 Å². The molecule has 1 amide bonds. The lowest BCUT2D eigenvalue weighted by atomic mass is 10.0. The number of hydrogen-bond acceptors (Lipinski definition) is 3. The molecule has 3 atom stereocenters. The Balaban J connectivity index is 0.00000200. The number of halogens is 1. The molecule has 0 spiro atoms. The summed E-state index contributed by atoms with van der Waals surface area (Å²) < 4.78 is 5.50. The van der Waals surface area contributed by atoms with Gasteiger partial charge in [0.15, 0.2) is 0 Å². The van der Waals surface area contributed by atoms with Crippen LogP contribution in [0.2, 0.25) is 0 Å². The molecule has 1 aliphatic rings. The molecule has 2 N–H and O–H groups in total. The maximum Gasteiger partial charge on any atom is 0.240 e. The number of rotatable bonds is 3. The van der Waals surface area contributed by atoms with Crippen molar-refractivity contribution in [3.05, 3.63) is 35.4 Å². The molecule has 5 heteroatoms. The smallest absolute Gasteiger partial charge is 0.240 e. The summed E-state index contributed by atoms with van der Waals surface area (Å²) in [5.41, 5.74) is 2.34. The summed E-state index contributed by atoms with van der Waals surface area (Å²) in [6, 6.07) is 7.85. The summed E-state index contributed by atoms with van der Waals surface area (Å²) in [6.07, 6.45) is -0.0854. The van der Waals surface area contributed by atoms with Gasteiger partial charge in [-0.2, -0.15) is 0 Å². The average Bonchev–Trinajstić information content (AvgIpc) is 2.39. The zero-order valence-corrected chi connectivity index (χ0v) is 13.0. The van der Waals surface area contributed by atoms with E-state index >= 15 is 0 Å². The molecule has 1 heterocycles. The van der Waals surface area contributed by atoms with Crippen molar-refractivity contribution in [1.82, 2.24) is 10.6 Å². The molecule has 112 valence electrons.